The molecule has 1 saturated heterocycles. The first-order valence-electron chi connectivity index (χ1n) is 12.3. The molecule has 0 bridgehead atoms. The summed E-state index contributed by atoms with van der Waals surface area (Å²) in [6, 6.07) is 9.75. The van der Waals surface area contributed by atoms with Gasteiger partial charge in [-0.3, -0.25) is 19.6 Å². The third kappa shape index (κ3) is 4.01. The molecule has 2 N–H and O–H groups in total. The summed E-state index contributed by atoms with van der Waals surface area (Å²) in [6.07, 6.45) is 2.88. The molecule has 9 nitrogen and oxygen atoms in total. The number of aromatic nitrogens is 3. The number of carbonyl (C=O) groups is 3. The summed E-state index contributed by atoms with van der Waals surface area (Å²) in [4.78, 5) is 44.5. The summed E-state index contributed by atoms with van der Waals surface area (Å²) in [5, 5.41) is 11.1. The highest BCUT2D eigenvalue weighted by atomic mass is 32.1. The number of benzene rings is 1. The summed E-state index contributed by atoms with van der Waals surface area (Å²) in [7, 11) is 0. The van der Waals surface area contributed by atoms with Crippen LogP contribution in [0.2, 0.25) is 0 Å². The summed E-state index contributed by atoms with van der Waals surface area (Å²) in [5.74, 6) is -0.865. The molecule has 0 spiro atoms. The average Bonchev–Trinajstić information content (AvgIpc) is 3.61. The molecular weight excluding hydrogens is 490 g/mol. The number of carbonyl (C=O) groups excluding carboxylic acids is 3. The summed E-state index contributed by atoms with van der Waals surface area (Å²) in [6.45, 7) is 6.68. The van der Waals surface area contributed by atoms with Crippen LogP contribution < -0.4 is 5.32 Å². The Morgan fingerprint density at radius 1 is 1.05 bits per heavy atom. The first kappa shape index (κ1) is 23.5. The van der Waals surface area contributed by atoms with Crippen molar-refractivity contribution in [2.24, 2.45) is 0 Å². The monoisotopic (exact) mass is 517 g/mol. The number of nitrogens with one attached hydrogen (secondary N) is 2. The lowest BCUT2D eigenvalue weighted by Crippen LogP contribution is -2.42. The Bertz CT molecular complexity index is 1590. The predicted octanol–water partition coefficient (Wildman–Crippen LogP) is 4.72. The number of para-hydroxylation sites is 1. The van der Waals surface area contributed by atoms with Crippen LogP contribution in [-0.2, 0) is 14.3 Å². The molecule has 1 fully saturated rings. The van der Waals surface area contributed by atoms with Crippen LogP contribution in [0, 0.1) is 0 Å². The lowest BCUT2D eigenvalue weighted by Gasteiger charge is -2.33. The van der Waals surface area contributed by atoms with Gasteiger partial charge in [0, 0.05) is 35.6 Å². The van der Waals surface area contributed by atoms with Gasteiger partial charge >= 0.3 is 6.09 Å². The number of nitrogens with zero attached hydrogens (tertiary/aromatic N) is 3. The van der Waals surface area contributed by atoms with Gasteiger partial charge in [0.2, 0.25) is 0 Å². The van der Waals surface area contributed by atoms with E-state index in [4.69, 9.17) is 9.84 Å². The Kier molecular flexibility index (Phi) is 5.45. The minimum absolute atomic E-state index is 0.0393. The van der Waals surface area contributed by atoms with E-state index in [2.05, 4.69) is 10.3 Å². The minimum atomic E-state index is -0.542. The van der Waals surface area contributed by atoms with E-state index < -0.39 is 17.4 Å². The molecule has 0 aliphatic carbocycles. The number of rotatable bonds is 3. The van der Waals surface area contributed by atoms with Crippen LogP contribution in [0.3, 0.4) is 0 Å². The number of piperidine rings is 1. The van der Waals surface area contributed by atoms with Crippen LogP contribution >= 0.6 is 11.3 Å². The zero-order valence-corrected chi connectivity index (χ0v) is 21.6. The third-order valence-corrected chi connectivity index (χ3v) is 7.66. The van der Waals surface area contributed by atoms with Crippen molar-refractivity contribution in [3.05, 3.63) is 53.2 Å². The fraction of sp³-hybridized carbons (Fsp3) is 0.333. The summed E-state index contributed by atoms with van der Waals surface area (Å²) in [5.41, 5.74) is 2.16. The molecule has 0 atom stereocenters. The lowest BCUT2D eigenvalue weighted by atomic mass is 9.98. The number of ether oxygens (including phenoxy) is 1. The number of amides is 3. The van der Waals surface area contributed by atoms with E-state index in [-0.39, 0.29) is 12.1 Å². The molecular formula is C27H27N5O4S. The van der Waals surface area contributed by atoms with Crippen LogP contribution in [0.1, 0.15) is 50.9 Å². The van der Waals surface area contributed by atoms with Crippen LogP contribution in [0.25, 0.3) is 32.3 Å². The zero-order valence-electron chi connectivity index (χ0n) is 20.8. The maximum atomic E-state index is 13.1. The van der Waals surface area contributed by atoms with Gasteiger partial charge < -0.3 is 14.6 Å². The number of thiophene rings is 1. The van der Waals surface area contributed by atoms with Gasteiger partial charge in [-0.2, -0.15) is 5.10 Å². The van der Waals surface area contributed by atoms with Crippen LogP contribution in [0.4, 0.5) is 4.79 Å². The molecule has 190 valence electrons. The van der Waals surface area contributed by atoms with E-state index in [1.165, 1.54) is 0 Å². The van der Waals surface area contributed by atoms with Crippen molar-refractivity contribution < 1.29 is 19.1 Å². The maximum Gasteiger partial charge on any atom is 0.410 e. The van der Waals surface area contributed by atoms with Gasteiger partial charge in [0.15, 0.2) is 0 Å². The minimum Gasteiger partial charge on any atom is -0.444 e. The number of imide groups is 1. The number of likely N-dealkylation sites (tertiary alicyclic amines) is 1. The Balaban J connectivity index is 1.39. The van der Waals surface area contributed by atoms with Gasteiger partial charge in [0.25, 0.3) is 11.8 Å². The number of hydrogen-bond donors (Lipinski definition) is 2. The molecule has 37 heavy (non-hydrogen) atoms. The van der Waals surface area contributed by atoms with Crippen molar-refractivity contribution in [3.8, 4) is 0 Å². The summed E-state index contributed by atoms with van der Waals surface area (Å²) >= 11 is 1.54. The van der Waals surface area contributed by atoms with Gasteiger partial charge in [0.05, 0.1) is 22.7 Å². The lowest BCUT2D eigenvalue weighted by molar-refractivity contribution is -0.122. The van der Waals surface area contributed by atoms with Gasteiger partial charge in [-0.05, 0) is 51.1 Å². The molecule has 0 saturated carbocycles. The Morgan fingerprint density at radius 2 is 1.78 bits per heavy atom. The van der Waals surface area contributed by atoms with Gasteiger partial charge in [-0.15, -0.1) is 11.3 Å². The van der Waals surface area contributed by atoms with Crippen molar-refractivity contribution in [3.63, 3.8) is 0 Å². The SMILES string of the molecule is CC(C)(C)OC(=O)N1CCC(n2nc(C3=C(c4c[nH]c5sccc45)C(=O)NC3=O)c3ccccc32)CC1. The molecule has 10 heteroatoms. The van der Waals surface area contributed by atoms with E-state index in [1.54, 1.807) is 22.4 Å². The molecule has 2 aliphatic rings. The standard InChI is InChI=1S/C27H27N5O4S/c1-27(2,3)36-26(35)31-11-8-15(9-12-31)32-19-7-5-4-6-17(19)22(30-32)21-20(23(33)29-24(21)34)18-14-28-25-16(18)10-13-37-25/h4-7,10,13-15,28H,8-9,11-12H2,1-3H3,(H,29,33,34). The molecule has 4 aromatic rings. The molecule has 0 unspecified atom stereocenters. The molecule has 3 aromatic heterocycles. The van der Waals surface area contributed by atoms with Crippen molar-refractivity contribution in [1.82, 2.24) is 25.0 Å². The largest absolute Gasteiger partial charge is 0.444 e. The summed E-state index contributed by atoms with van der Waals surface area (Å²) < 4.78 is 7.49. The number of fused-ring (bicyclic) bond motifs is 2. The second-order valence-electron chi connectivity index (χ2n) is 10.4. The fourth-order valence-corrected chi connectivity index (χ4v) is 5.94. The van der Waals surface area contributed by atoms with Gasteiger partial charge in [-0.25, -0.2) is 4.79 Å². The van der Waals surface area contributed by atoms with Crippen molar-refractivity contribution in [2.45, 2.75) is 45.3 Å². The molecule has 0 radical (unpaired) electrons. The van der Waals surface area contributed by atoms with Crippen molar-refractivity contribution >= 4 is 61.5 Å². The van der Waals surface area contributed by atoms with Crippen LogP contribution in [0.15, 0.2) is 41.9 Å². The highest BCUT2D eigenvalue weighted by Gasteiger charge is 2.37. The fourth-order valence-electron chi connectivity index (χ4n) is 5.17. The van der Waals surface area contributed by atoms with E-state index in [1.807, 2.05) is 61.2 Å². The molecule has 1 aromatic carbocycles. The second kappa shape index (κ2) is 8.58. The van der Waals surface area contributed by atoms with Crippen LogP contribution in [-0.4, -0.2) is 56.3 Å². The Hall–Kier alpha value is -3.92. The number of aromatic amines is 1. The predicted molar refractivity (Wildman–Crippen MR) is 142 cm³/mol. The quantitative estimate of drug-likeness (QED) is 0.382. The average molecular weight is 518 g/mol. The van der Waals surface area contributed by atoms with Gasteiger partial charge in [-0.1, -0.05) is 18.2 Å². The highest BCUT2D eigenvalue weighted by Crippen LogP contribution is 2.39. The number of H-pyrrole nitrogens is 1. The first-order valence-corrected chi connectivity index (χ1v) is 13.2. The maximum absolute atomic E-state index is 13.1. The molecule has 5 heterocycles. The smallest absolute Gasteiger partial charge is 0.410 e. The topological polar surface area (TPSA) is 109 Å². The second-order valence-corrected chi connectivity index (χ2v) is 11.3. The van der Waals surface area contributed by atoms with Crippen molar-refractivity contribution in [1.29, 1.82) is 0 Å². The normalized spacial score (nSPS) is 17.3. The van der Waals surface area contributed by atoms with E-state index in [0.29, 0.717) is 48.3 Å². The van der Waals surface area contributed by atoms with Crippen molar-refractivity contribution in [2.75, 3.05) is 13.1 Å². The molecule has 6 rings (SSSR count). The first-order chi connectivity index (χ1) is 17.7. The number of hydrogen-bond acceptors (Lipinski definition) is 6. The van der Waals surface area contributed by atoms with E-state index in [9.17, 15) is 14.4 Å². The van der Waals surface area contributed by atoms with E-state index >= 15 is 0 Å². The third-order valence-electron chi connectivity index (χ3n) is 6.82. The molecule has 3 amide bonds. The van der Waals surface area contributed by atoms with Crippen LogP contribution in [0.5, 0.6) is 0 Å². The van der Waals surface area contributed by atoms with Gasteiger partial charge in [0.1, 0.15) is 16.1 Å². The molecule has 2 aliphatic heterocycles. The Labute approximate surface area is 217 Å². The zero-order chi connectivity index (χ0) is 25.9. The highest BCUT2D eigenvalue weighted by molar-refractivity contribution is 7.16. The van der Waals surface area contributed by atoms with E-state index in [0.717, 1.165) is 21.1 Å². The Morgan fingerprint density at radius 3 is 2.54 bits per heavy atom.